The summed E-state index contributed by atoms with van der Waals surface area (Å²) in [5.74, 6) is 1.13. The van der Waals surface area contributed by atoms with Gasteiger partial charge in [0, 0.05) is 13.7 Å². The summed E-state index contributed by atoms with van der Waals surface area (Å²) in [6.07, 6.45) is 2.06. The van der Waals surface area contributed by atoms with Gasteiger partial charge in [-0.1, -0.05) is 18.5 Å². The third kappa shape index (κ3) is 2.83. The van der Waals surface area contributed by atoms with Gasteiger partial charge in [0.1, 0.15) is 6.10 Å². The van der Waals surface area contributed by atoms with E-state index in [4.69, 9.17) is 9.26 Å². The van der Waals surface area contributed by atoms with Crippen LogP contribution in [0.4, 0.5) is 0 Å². The predicted molar refractivity (Wildman–Crippen MR) is 60.3 cm³/mol. The highest BCUT2D eigenvalue weighted by Gasteiger charge is 2.29. The minimum Gasteiger partial charge on any atom is -0.392 e. The fourth-order valence-corrected chi connectivity index (χ4v) is 2.04. The van der Waals surface area contributed by atoms with Crippen molar-refractivity contribution in [2.24, 2.45) is 0 Å². The number of rotatable bonds is 5. The molecule has 0 bridgehead atoms. The zero-order chi connectivity index (χ0) is 12.3. The number of nitrogens with one attached hydrogen (secondary N) is 1. The number of aromatic nitrogens is 2. The van der Waals surface area contributed by atoms with E-state index in [1.54, 1.807) is 7.11 Å². The molecule has 96 valence electrons. The lowest BCUT2D eigenvalue weighted by Crippen LogP contribution is -2.15. The fraction of sp³-hybridized carbons (Fsp3) is 0.818. The van der Waals surface area contributed by atoms with Crippen molar-refractivity contribution < 1.29 is 14.4 Å². The standard InChI is InChI=1S/C11H19N3O3/c1-3-4-9(16-2)10-13-11(17-14-10)8-5-7(15)6-12-8/h7-9,12,15H,3-6H2,1-2H3. The van der Waals surface area contributed by atoms with Gasteiger partial charge in [-0.3, -0.25) is 0 Å². The van der Waals surface area contributed by atoms with Crippen molar-refractivity contribution in [1.29, 1.82) is 0 Å². The molecule has 2 heterocycles. The Bertz CT molecular complexity index is 337. The predicted octanol–water partition coefficient (Wildman–Crippen LogP) is 0.952. The summed E-state index contributed by atoms with van der Waals surface area (Å²) in [7, 11) is 1.65. The van der Waals surface area contributed by atoms with E-state index in [9.17, 15) is 5.11 Å². The van der Waals surface area contributed by atoms with Crippen LogP contribution in [0.3, 0.4) is 0 Å². The van der Waals surface area contributed by atoms with Crippen LogP contribution in [0.5, 0.6) is 0 Å². The third-order valence-corrected chi connectivity index (χ3v) is 2.99. The van der Waals surface area contributed by atoms with Crippen LogP contribution in [0.25, 0.3) is 0 Å². The highest BCUT2D eigenvalue weighted by molar-refractivity contribution is 4.99. The number of hydrogen-bond donors (Lipinski definition) is 2. The van der Waals surface area contributed by atoms with E-state index in [0.717, 1.165) is 12.8 Å². The molecule has 0 saturated carbocycles. The lowest BCUT2D eigenvalue weighted by atomic mass is 10.2. The Labute approximate surface area is 100 Å². The maximum Gasteiger partial charge on any atom is 0.243 e. The van der Waals surface area contributed by atoms with Crippen LogP contribution in [-0.2, 0) is 4.74 Å². The van der Waals surface area contributed by atoms with E-state index in [-0.39, 0.29) is 18.2 Å². The van der Waals surface area contributed by atoms with Gasteiger partial charge >= 0.3 is 0 Å². The van der Waals surface area contributed by atoms with Crippen molar-refractivity contribution >= 4 is 0 Å². The molecule has 0 spiro atoms. The number of β-amino-alcohol motifs (C(OH)–C–C–N with tert-alkyl or cyclic N) is 1. The van der Waals surface area contributed by atoms with Crippen LogP contribution < -0.4 is 5.32 Å². The van der Waals surface area contributed by atoms with Crippen molar-refractivity contribution in [3.63, 3.8) is 0 Å². The van der Waals surface area contributed by atoms with Gasteiger partial charge in [-0.05, 0) is 12.8 Å². The van der Waals surface area contributed by atoms with Crippen LogP contribution in [-0.4, -0.2) is 35.0 Å². The lowest BCUT2D eigenvalue weighted by molar-refractivity contribution is 0.0854. The first-order valence-corrected chi connectivity index (χ1v) is 6.02. The van der Waals surface area contributed by atoms with Crippen LogP contribution in [0.2, 0.25) is 0 Å². The van der Waals surface area contributed by atoms with Gasteiger partial charge in [-0.25, -0.2) is 0 Å². The summed E-state index contributed by atoms with van der Waals surface area (Å²) in [4.78, 5) is 4.34. The average Bonchev–Trinajstić information content (AvgIpc) is 2.94. The monoisotopic (exact) mass is 241 g/mol. The molecule has 0 radical (unpaired) electrons. The Morgan fingerprint density at radius 1 is 1.65 bits per heavy atom. The summed E-state index contributed by atoms with van der Waals surface area (Å²) in [5.41, 5.74) is 0. The van der Waals surface area contributed by atoms with Crippen molar-refractivity contribution in [2.75, 3.05) is 13.7 Å². The van der Waals surface area contributed by atoms with Crippen molar-refractivity contribution in [1.82, 2.24) is 15.5 Å². The summed E-state index contributed by atoms with van der Waals surface area (Å²) in [6.45, 7) is 2.66. The first-order chi connectivity index (χ1) is 8.24. The normalized spacial score (nSPS) is 26.3. The molecular formula is C11H19N3O3. The van der Waals surface area contributed by atoms with Gasteiger partial charge in [0.2, 0.25) is 11.7 Å². The molecule has 1 aromatic heterocycles. The summed E-state index contributed by atoms with van der Waals surface area (Å²) in [6, 6.07) is -0.0367. The van der Waals surface area contributed by atoms with Crippen LogP contribution in [0.1, 0.15) is 50.0 Å². The van der Waals surface area contributed by atoms with Gasteiger partial charge < -0.3 is 19.7 Å². The number of hydrogen-bond acceptors (Lipinski definition) is 6. The molecule has 0 aromatic carbocycles. The largest absolute Gasteiger partial charge is 0.392 e. The Kier molecular flexibility index (Phi) is 4.09. The Morgan fingerprint density at radius 3 is 3.06 bits per heavy atom. The molecule has 17 heavy (non-hydrogen) atoms. The SMILES string of the molecule is CCCC(OC)c1noc(C2CC(O)CN2)n1. The zero-order valence-corrected chi connectivity index (χ0v) is 10.2. The summed E-state index contributed by atoms with van der Waals surface area (Å²) < 4.78 is 10.5. The highest BCUT2D eigenvalue weighted by atomic mass is 16.5. The second kappa shape index (κ2) is 5.57. The maximum atomic E-state index is 9.43. The Hall–Kier alpha value is -0.980. The topological polar surface area (TPSA) is 80.4 Å². The number of aliphatic hydroxyl groups is 1. The molecular weight excluding hydrogens is 222 g/mol. The second-order valence-electron chi connectivity index (χ2n) is 4.35. The molecule has 1 saturated heterocycles. The van der Waals surface area contributed by atoms with Gasteiger partial charge in [0.25, 0.3) is 0 Å². The van der Waals surface area contributed by atoms with E-state index in [1.807, 2.05) is 0 Å². The number of nitrogens with zero attached hydrogens (tertiary/aromatic N) is 2. The van der Waals surface area contributed by atoms with Crippen molar-refractivity contribution in [2.45, 2.75) is 44.4 Å². The fourth-order valence-electron chi connectivity index (χ4n) is 2.04. The quantitative estimate of drug-likeness (QED) is 0.799. The van der Waals surface area contributed by atoms with E-state index >= 15 is 0 Å². The molecule has 2 N–H and O–H groups in total. The lowest BCUT2D eigenvalue weighted by Gasteiger charge is -2.08. The smallest absolute Gasteiger partial charge is 0.243 e. The molecule has 2 rings (SSSR count). The molecule has 0 aliphatic carbocycles. The zero-order valence-electron chi connectivity index (χ0n) is 10.2. The Morgan fingerprint density at radius 2 is 2.47 bits per heavy atom. The number of methoxy groups -OCH3 is 1. The minimum absolute atomic E-state index is 0.0367. The number of ether oxygens (including phenoxy) is 1. The van der Waals surface area contributed by atoms with Crippen molar-refractivity contribution in [3.05, 3.63) is 11.7 Å². The highest BCUT2D eigenvalue weighted by Crippen LogP contribution is 2.25. The van der Waals surface area contributed by atoms with Gasteiger partial charge in [-0.15, -0.1) is 0 Å². The first kappa shape index (κ1) is 12.5. The molecule has 1 aliphatic heterocycles. The maximum absolute atomic E-state index is 9.43. The number of aliphatic hydroxyl groups excluding tert-OH is 1. The summed E-state index contributed by atoms with van der Waals surface area (Å²) >= 11 is 0. The van der Waals surface area contributed by atoms with Crippen LogP contribution in [0, 0.1) is 0 Å². The van der Waals surface area contributed by atoms with Gasteiger partial charge in [0.15, 0.2) is 0 Å². The van der Waals surface area contributed by atoms with Crippen LogP contribution >= 0.6 is 0 Å². The van der Waals surface area contributed by atoms with Gasteiger partial charge in [0.05, 0.1) is 12.1 Å². The third-order valence-electron chi connectivity index (χ3n) is 2.99. The van der Waals surface area contributed by atoms with E-state index in [2.05, 4.69) is 22.4 Å². The molecule has 6 heteroatoms. The summed E-state index contributed by atoms with van der Waals surface area (Å²) in [5, 5.41) is 16.5. The minimum atomic E-state index is -0.329. The van der Waals surface area contributed by atoms with Gasteiger partial charge in [-0.2, -0.15) is 4.98 Å². The van der Waals surface area contributed by atoms with Crippen molar-refractivity contribution in [3.8, 4) is 0 Å². The van der Waals surface area contributed by atoms with E-state index < -0.39 is 0 Å². The van der Waals surface area contributed by atoms with E-state index in [0.29, 0.717) is 24.7 Å². The molecule has 1 aromatic rings. The second-order valence-corrected chi connectivity index (χ2v) is 4.35. The van der Waals surface area contributed by atoms with Crippen LogP contribution in [0.15, 0.2) is 4.52 Å². The average molecular weight is 241 g/mol. The Balaban J connectivity index is 2.04. The molecule has 1 aliphatic rings. The first-order valence-electron chi connectivity index (χ1n) is 6.02. The molecule has 3 unspecified atom stereocenters. The molecule has 0 amide bonds. The van der Waals surface area contributed by atoms with E-state index in [1.165, 1.54) is 0 Å². The molecule has 3 atom stereocenters. The molecule has 6 nitrogen and oxygen atoms in total. The molecule has 1 fully saturated rings.